The van der Waals surface area contributed by atoms with Crippen molar-refractivity contribution in [2.45, 2.75) is 59.8 Å². The Morgan fingerprint density at radius 2 is 1.79 bits per heavy atom. The summed E-state index contributed by atoms with van der Waals surface area (Å²) in [6.07, 6.45) is 4.42. The molecule has 33 heavy (non-hydrogen) atoms. The number of aryl methyl sites for hydroxylation is 1. The number of ether oxygens (including phenoxy) is 1. The molecule has 182 valence electrons. The van der Waals surface area contributed by atoms with Crippen molar-refractivity contribution in [3.05, 3.63) is 46.6 Å². The van der Waals surface area contributed by atoms with Gasteiger partial charge in [0.2, 0.25) is 5.95 Å². The van der Waals surface area contributed by atoms with E-state index in [1.165, 1.54) is 12.8 Å². The van der Waals surface area contributed by atoms with E-state index in [2.05, 4.69) is 53.1 Å². The third-order valence-corrected chi connectivity index (χ3v) is 5.42. The number of unbranched alkanes of at least 4 members (excludes halogenated alkanes) is 2. The lowest BCUT2D eigenvalue weighted by Gasteiger charge is -2.27. The van der Waals surface area contributed by atoms with Gasteiger partial charge in [0.15, 0.2) is 0 Å². The van der Waals surface area contributed by atoms with Crippen LogP contribution in [0.25, 0.3) is 0 Å². The first-order chi connectivity index (χ1) is 15.6. The number of nitrogen functional groups attached to an aromatic ring is 1. The molecule has 0 unspecified atom stereocenters. The Kier molecular flexibility index (Phi) is 10.1. The minimum atomic E-state index is -0.198. The van der Waals surface area contributed by atoms with Crippen LogP contribution in [0.2, 0.25) is 0 Å². The van der Waals surface area contributed by atoms with Gasteiger partial charge in [0.25, 0.3) is 0 Å². The van der Waals surface area contributed by atoms with Crippen molar-refractivity contribution in [1.82, 2.24) is 14.9 Å². The molecule has 0 saturated heterocycles. The fourth-order valence-corrected chi connectivity index (χ4v) is 3.93. The highest BCUT2D eigenvalue weighted by Crippen LogP contribution is 2.22. The van der Waals surface area contributed by atoms with E-state index in [0.29, 0.717) is 13.0 Å². The van der Waals surface area contributed by atoms with Crippen molar-refractivity contribution >= 4 is 17.7 Å². The predicted molar refractivity (Wildman–Crippen MR) is 135 cm³/mol. The van der Waals surface area contributed by atoms with E-state index in [0.717, 1.165) is 47.7 Å². The molecule has 0 radical (unpaired) electrons. The topological polar surface area (TPSA) is 93.4 Å². The van der Waals surface area contributed by atoms with Gasteiger partial charge in [-0.3, -0.25) is 4.79 Å². The van der Waals surface area contributed by atoms with Crippen LogP contribution in [0.15, 0.2) is 24.3 Å². The summed E-state index contributed by atoms with van der Waals surface area (Å²) in [5, 5.41) is 3.43. The van der Waals surface area contributed by atoms with Crippen LogP contribution in [-0.2, 0) is 22.4 Å². The van der Waals surface area contributed by atoms with Crippen LogP contribution in [0.5, 0.6) is 0 Å². The lowest BCUT2D eigenvalue weighted by molar-refractivity contribution is -0.146. The van der Waals surface area contributed by atoms with Crippen LogP contribution in [0.3, 0.4) is 0 Å². The number of esters is 1. The molecule has 0 aliphatic heterocycles. The predicted octanol–water partition coefficient (Wildman–Crippen LogP) is 4.23. The van der Waals surface area contributed by atoms with Crippen LogP contribution in [0.1, 0.15) is 62.4 Å². The molecule has 1 aromatic carbocycles. The highest BCUT2D eigenvalue weighted by atomic mass is 16.5. The number of hydrogen-bond donors (Lipinski definition) is 2. The molecule has 0 spiro atoms. The van der Waals surface area contributed by atoms with Crippen molar-refractivity contribution in [1.29, 1.82) is 0 Å². The van der Waals surface area contributed by atoms with Crippen LogP contribution < -0.4 is 11.1 Å². The summed E-state index contributed by atoms with van der Waals surface area (Å²) in [5.74, 6) is 0.900. The van der Waals surface area contributed by atoms with Crippen molar-refractivity contribution in [2.75, 3.05) is 44.8 Å². The third-order valence-electron chi connectivity index (χ3n) is 5.42. The second kappa shape index (κ2) is 12.5. The first-order valence-corrected chi connectivity index (χ1v) is 11.8. The Balaban J connectivity index is 1.98. The van der Waals surface area contributed by atoms with Crippen molar-refractivity contribution in [2.24, 2.45) is 5.41 Å². The molecule has 2 rings (SSSR count). The van der Waals surface area contributed by atoms with Gasteiger partial charge in [-0.05, 0) is 38.6 Å². The van der Waals surface area contributed by atoms with Crippen LogP contribution in [0.4, 0.5) is 11.8 Å². The molecule has 0 atom stereocenters. The largest absolute Gasteiger partial charge is 0.465 e. The van der Waals surface area contributed by atoms with E-state index < -0.39 is 0 Å². The van der Waals surface area contributed by atoms with Gasteiger partial charge in [0.1, 0.15) is 5.82 Å². The standard InChI is InChI=1S/C26H41N5O2/c1-7-8-9-14-28-24-22(19(2)29-25(27)30-24)15-20-10-12-21(13-11-20)16-23(32)33-18-26(3,4)17-31(5)6/h10-13H,7-9,14-18H2,1-6H3,(H3,27,28,29,30). The maximum Gasteiger partial charge on any atom is 0.310 e. The molecular weight excluding hydrogens is 414 g/mol. The first-order valence-electron chi connectivity index (χ1n) is 11.8. The Morgan fingerprint density at radius 1 is 1.12 bits per heavy atom. The fraction of sp³-hybridized carbons (Fsp3) is 0.577. The number of carbonyl (C=O) groups excluding carboxylic acids is 1. The number of carbonyl (C=O) groups is 1. The molecular formula is C26H41N5O2. The molecule has 7 nitrogen and oxygen atoms in total. The number of nitrogens with one attached hydrogen (secondary N) is 1. The van der Waals surface area contributed by atoms with Gasteiger partial charge in [-0.25, -0.2) is 4.98 Å². The normalized spacial score (nSPS) is 11.6. The lowest BCUT2D eigenvalue weighted by Crippen LogP contribution is -2.33. The van der Waals surface area contributed by atoms with Gasteiger partial charge in [-0.1, -0.05) is 57.9 Å². The van der Waals surface area contributed by atoms with E-state index in [-0.39, 0.29) is 23.8 Å². The van der Waals surface area contributed by atoms with Gasteiger partial charge >= 0.3 is 5.97 Å². The Bertz CT molecular complexity index is 894. The van der Waals surface area contributed by atoms with E-state index in [1.807, 2.05) is 33.2 Å². The molecule has 2 aromatic rings. The lowest BCUT2D eigenvalue weighted by atomic mass is 9.94. The van der Waals surface area contributed by atoms with Gasteiger partial charge in [-0.15, -0.1) is 0 Å². The number of nitrogens with two attached hydrogens (primary N) is 1. The zero-order valence-corrected chi connectivity index (χ0v) is 21.2. The third kappa shape index (κ3) is 9.38. The van der Waals surface area contributed by atoms with E-state index in [1.54, 1.807) is 0 Å². The second-order valence-electron chi connectivity index (χ2n) is 9.86. The summed E-state index contributed by atoms with van der Waals surface area (Å²) in [6.45, 7) is 10.5. The Hall–Kier alpha value is -2.67. The number of aromatic nitrogens is 2. The molecule has 3 N–H and O–H groups in total. The van der Waals surface area contributed by atoms with Crippen molar-refractivity contribution in [3.63, 3.8) is 0 Å². The minimum absolute atomic E-state index is 0.0791. The van der Waals surface area contributed by atoms with Crippen molar-refractivity contribution in [3.8, 4) is 0 Å². The van der Waals surface area contributed by atoms with Gasteiger partial charge in [0, 0.05) is 36.2 Å². The van der Waals surface area contributed by atoms with Crippen molar-refractivity contribution < 1.29 is 9.53 Å². The van der Waals surface area contributed by atoms with Gasteiger partial charge in [-0.2, -0.15) is 4.98 Å². The highest BCUT2D eigenvalue weighted by molar-refractivity contribution is 5.72. The summed E-state index contributed by atoms with van der Waals surface area (Å²) < 4.78 is 5.53. The summed E-state index contributed by atoms with van der Waals surface area (Å²) in [5.41, 5.74) is 9.81. The molecule has 7 heteroatoms. The average Bonchev–Trinajstić information content (AvgIpc) is 2.72. The average molecular weight is 456 g/mol. The molecule has 0 saturated carbocycles. The zero-order valence-electron chi connectivity index (χ0n) is 21.2. The molecule has 0 aliphatic rings. The van der Waals surface area contributed by atoms with E-state index in [4.69, 9.17) is 10.5 Å². The summed E-state index contributed by atoms with van der Waals surface area (Å²) >= 11 is 0. The zero-order chi connectivity index (χ0) is 24.4. The van der Waals surface area contributed by atoms with Gasteiger partial charge in [0.05, 0.1) is 13.0 Å². The number of nitrogens with zero attached hydrogens (tertiary/aromatic N) is 3. The fourth-order valence-electron chi connectivity index (χ4n) is 3.93. The number of hydrogen-bond acceptors (Lipinski definition) is 7. The summed E-state index contributed by atoms with van der Waals surface area (Å²) in [6, 6.07) is 8.08. The smallest absolute Gasteiger partial charge is 0.310 e. The second-order valence-corrected chi connectivity index (χ2v) is 9.86. The van der Waals surface area contributed by atoms with Crippen LogP contribution >= 0.6 is 0 Å². The number of anilines is 2. The monoisotopic (exact) mass is 455 g/mol. The maximum absolute atomic E-state index is 12.3. The minimum Gasteiger partial charge on any atom is -0.465 e. The number of rotatable bonds is 13. The number of benzene rings is 1. The molecule has 0 bridgehead atoms. The van der Waals surface area contributed by atoms with E-state index in [9.17, 15) is 4.79 Å². The highest BCUT2D eigenvalue weighted by Gasteiger charge is 2.21. The van der Waals surface area contributed by atoms with Crippen LogP contribution in [0, 0.1) is 12.3 Å². The summed E-state index contributed by atoms with van der Waals surface area (Å²) in [4.78, 5) is 23.2. The van der Waals surface area contributed by atoms with Gasteiger partial charge < -0.3 is 20.7 Å². The first kappa shape index (κ1) is 26.6. The van der Waals surface area contributed by atoms with Crippen LogP contribution in [-0.4, -0.2) is 54.6 Å². The molecule has 1 aromatic heterocycles. The summed E-state index contributed by atoms with van der Waals surface area (Å²) in [7, 11) is 4.04. The SMILES string of the molecule is CCCCCNc1nc(N)nc(C)c1Cc1ccc(CC(=O)OCC(C)(C)CN(C)C)cc1. The Labute approximate surface area is 199 Å². The maximum atomic E-state index is 12.3. The quantitative estimate of drug-likeness (QED) is 0.345. The van der Waals surface area contributed by atoms with E-state index >= 15 is 0 Å². The molecule has 0 amide bonds. The molecule has 1 heterocycles. The molecule has 0 fully saturated rings. The Morgan fingerprint density at radius 3 is 2.42 bits per heavy atom. The molecule has 0 aliphatic carbocycles.